The lowest BCUT2D eigenvalue weighted by atomic mass is 10.2. The van der Waals surface area contributed by atoms with Gasteiger partial charge >= 0.3 is 0 Å². The van der Waals surface area contributed by atoms with Crippen molar-refractivity contribution in [1.29, 1.82) is 0 Å². The molecule has 138 valence electrons. The summed E-state index contributed by atoms with van der Waals surface area (Å²) >= 11 is 7.44. The molecule has 0 aliphatic carbocycles. The Balaban J connectivity index is 1.51. The average Bonchev–Trinajstić information content (AvgIpc) is 3.46. The van der Waals surface area contributed by atoms with Crippen LogP contribution in [0, 0.1) is 0 Å². The van der Waals surface area contributed by atoms with E-state index in [1.807, 2.05) is 42.5 Å². The number of aliphatic imine (C=N–C) groups is 1. The molecule has 0 radical (unpaired) electrons. The van der Waals surface area contributed by atoms with Gasteiger partial charge in [-0.3, -0.25) is 0 Å². The zero-order chi connectivity index (χ0) is 18.9. The van der Waals surface area contributed by atoms with Crippen LogP contribution < -0.4 is 9.47 Å². The van der Waals surface area contributed by atoms with Crippen molar-refractivity contribution in [2.24, 2.45) is 4.99 Å². The third-order valence-corrected chi connectivity index (χ3v) is 5.27. The van der Waals surface area contributed by atoms with E-state index in [9.17, 15) is 0 Å². The summed E-state index contributed by atoms with van der Waals surface area (Å²) in [5, 5.41) is 6.33. The van der Waals surface area contributed by atoms with E-state index in [0.29, 0.717) is 15.9 Å². The van der Waals surface area contributed by atoms with Crippen molar-refractivity contribution in [3.8, 4) is 27.8 Å². The highest BCUT2D eigenvalue weighted by Crippen LogP contribution is 2.36. The molecule has 0 saturated heterocycles. The molecule has 28 heavy (non-hydrogen) atoms. The molecule has 1 aliphatic rings. The molecule has 2 aromatic carbocycles. The Morgan fingerprint density at radius 3 is 2.79 bits per heavy atom. The molecular formula is C19H12ClN5O2S. The predicted molar refractivity (Wildman–Crippen MR) is 107 cm³/mol. The molecule has 4 aromatic rings. The van der Waals surface area contributed by atoms with E-state index >= 15 is 0 Å². The third kappa shape index (κ3) is 3.23. The topological polar surface area (TPSA) is 74.4 Å². The molecule has 0 amide bonds. The molecule has 5 rings (SSSR count). The van der Waals surface area contributed by atoms with Crippen LogP contribution in [-0.2, 0) is 0 Å². The van der Waals surface area contributed by atoms with Gasteiger partial charge in [-0.05, 0) is 35.9 Å². The van der Waals surface area contributed by atoms with E-state index in [0.717, 1.165) is 27.6 Å². The van der Waals surface area contributed by atoms with Gasteiger partial charge in [0.05, 0.1) is 0 Å². The van der Waals surface area contributed by atoms with Crippen LogP contribution in [-0.4, -0.2) is 32.8 Å². The van der Waals surface area contributed by atoms with E-state index in [2.05, 4.69) is 20.1 Å². The van der Waals surface area contributed by atoms with Gasteiger partial charge in [0.1, 0.15) is 23.3 Å². The van der Waals surface area contributed by atoms with Gasteiger partial charge in [0.15, 0.2) is 11.5 Å². The summed E-state index contributed by atoms with van der Waals surface area (Å²) in [5.41, 5.74) is 2.59. The van der Waals surface area contributed by atoms with E-state index in [1.165, 1.54) is 17.7 Å². The summed E-state index contributed by atoms with van der Waals surface area (Å²) < 4.78 is 12.4. The van der Waals surface area contributed by atoms with Gasteiger partial charge < -0.3 is 9.47 Å². The first-order chi connectivity index (χ1) is 13.8. The van der Waals surface area contributed by atoms with Gasteiger partial charge in [0.2, 0.25) is 11.9 Å². The lowest BCUT2D eigenvalue weighted by Crippen LogP contribution is -1.93. The molecule has 0 fully saturated rings. The number of hydrogen-bond acceptors (Lipinski definition) is 7. The van der Waals surface area contributed by atoms with Crippen LogP contribution in [0.2, 0.25) is 5.02 Å². The van der Waals surface area contributed by atoms with Crippen LogP contribution in [0.4, 0.5) is 5.13 Å². The smallest absolute Gasteiger partial charge is 0.231 e. The molecule has 7 nitrogen and oxygen atoms in total. The highest BCUT2D eigenvalue weighted by atomic mass is 35.5. The Hall–Kier alpha value is -3.23. The van der Waals surface area contributed by atoms with E-state index in [-0.39, 0.29) is 6.79 Å². The Labute approximate surface area is 168 Å². The number of thiazole rings is 1. The highest BCUT2D eigenvalue weighted by Gasteiger charge is 2.16. The molecule has 1 aliphatic heterocycles. The maximum Gasteiger partial charge on any atom is 0.231 e. The fraction of sp³-hybridized carbons (Fsp3) is 0.0526. The van der Waals surface area contributed by atoms with Gasteiger partial charge in [-0.2, -0.15) is 5.10 Å². The Morgan fingerprint density at radius 1 is 1.11 bits per heavy atom. The monoisotopic (exact) mass is 409 g/mol. The summed E-state index contributed by atoms with van der Waals surface area (Å²) in [6.07, 6.45) is 4.87. The van der Waals surface area contributed by atoms with Crippen molar-refractivity contribution < 1.29 is 9.47 Å². The summed E-state index contributed by atoms with van der Waals surface area (Å²) in [6.45, 7) is 0.244. The van der Waals surface area contributed by atoms with Crippen LogP contribution in [0.5, 0.6) is 11.5 Å². The minimum absolute atomic E-state index is 0.244. The van der Waals surface area contributed by atoms with Crippen molar-refractivity contribution in [3.63, 3.8) is 0 Å². The first kappa shape index (κ1) is 16.9. The lowest BCUT2D eigenvalue weighted by molar-refractivity contribution is 0.174. The number of aromatic nitrogens is 4. The van der Waals surface area contributed by atoms with E-state index < -0.39 is 0 Å². The number of halogens is 1. The summed E-state index contributed by atoms with van der Waals surface area (Å²) in [7, 11) is 0. The van der Waals surface area contributed by atoms with Gasteiger partial charge in [-0.1, -0.05) is 35.1 Å². The second-order valence-corrected chi connectivity index (χ2v) is 7.26. The molecule has 0 saturated carbocycles. The molecule has 0 bridgehead atoms. The standard InChI is InChI=1S/C19H12ClN5O2S/c20-14-4-2-13(3-5-14)17-18(25-10-21-9-23-25)28-19(24-17)22-8-12-1-6-15-16(7-12)27-11-26-15/h1-10H,11H2/b22-8+. The van der Waals surface area contributed by atoms with Crippen molar-refractivity contribution >= 4 is 34.3 Å². The van der Waals surface area contributed by atoms with Crippen LogP contribution >= 0.6 is 22.9 Å². The second-order valence-electron chi connectivity index (χ2n) is 5.87. The fourth-order valence-corrected chi connectivity index (χ4v) is 3.73. The normalized spacial score (nSPS) is 12.8. The average molecular weight is 410 g/mol. The van der Waals surface area contributed by atoms with E-state index in [4.69, 9.17) is 21.1 Å². The Kier molecular flexibility index (Phi) is 4.27. The lowest BCUT2D eigenvalue weighted by Gasteiger charge is -2.01. The zero-order valence-electron chi connectivity index (χ0n) is 14.3. The first-order valence-corrected chi connectivity index (χ1v) is 9.51. The van der Waals surface area contributed by atoms with Crippen LogP contribution in [0.25, 0.3) is 16.3 Å². The molecule has 0 unspecified atom stereocenters. The number of hydrogen-bond donors (Lipinski definition) is 0. The minimum Gasteiger partial charge on any atom is -0.454 e. The summed E-state index contributed by atoms with van der Waals surface area (Å²) in [4.78, 5) is 13.3. The number of ether oxygens (including phenoxy) is 2. The number of benzene rings is 2. The molecule has 0 atom stereocenters. The highest BCUT2D eigenvalue weighted by molar-refractivity contribution is 7.18. The van der Waals surface area contributed by atoms with Gasteiger partial charge in [0.25, 0.3) is 0 Å². The first-order valence-electron chi connectivity index (χ1n) is 8.32. The van der Waals surface area contributed by atoms with Gasteiger partial charge in [-0.25, -0.2) is 19.6 Å². The quantitative estimate of drug-likeness (QED) is 0.463. The molecule has 9 heteroatoms. The van der Waals surface area contributed by atoms with Crippen LogP contribution in [0.3, 0.4) is 0 Å². The van der Waals surface area contributed by atoms with Gasteiger partial charge in [-0.15, -0.1) is 0 Å². The van der Waals surface area contributed by atoms with Crippen molar-refractivity contribution in [1.82, 2.24) is 19.7 Å². The Morgan fingerprint density at radius 2 is 1.96 bits per heavy atom. The SMILES string of the molecule is Clc1ccc(-c2nc(/N=C/c3ccc4c(c3)OCO4)sc2-n2cncn2)cc1. The fourth-order valence-electron chi connectivity index (χ4n) is 2.74. The molecule has 0 spiro atoms. The summed E-state index contributed by atoms with van der Waals surface area (Å²) in [5.74, 6) is 1.46. The zero-order valence-corrected chi connectivity index (χ0v) is 15.9. The Bertz CT molecular complexity index is 1160. The van der Waals surface area contributed by atoms with Crippen molar-refractivity contribution in [2.45, 2.75) is 0 Å². The van der Waals surface area contributed by atoms with E-state index in [1.54, 1.807) is 17.2 Å². The van der Waals surface area contributed by atoms with Gasteiger partial charge in [0, 0.05) is 16.8 Å². The van der Waals surface area contributed by atoms with Crippen LogP contribution in [0.1, 0.15) is 5.56 Å². The summed E-state index contributed by atoms with van der Waals surface area (Å²) in [6, 6.07) is 13.2. The minimum atomic E-state index is 0.244. The largest absolute Gasteiger partial charge is 0.454 e. The second kappa shape index (κ2) is 7.06. The van der Waals surface area contributed by atoms with Crippen molar-refractivity contribution in [3.05, 3.63) is 65.7 Å². The van der Waals surface area contributed by atoms with Crippen LogP contribution in [0.15, 0.2) is 60.1 Å². The predicted octanol–water partition coefficient (Wildman–Crippen LogP) is 4.52. The van der Waals surface area contributed by atoms with Crippen molar-refractivity contribution in [2.75, 3.05) is 6.79 Å². The number of nitrogens with zero attached hydrogens (tertiary/aromatic N) is 5. The molecule has 2 aromatic heterocycles. The number of rotatable bonds is 4. The third-order valence-electron chi connectivity index (χ3n) is 4.06. The number of fused-ring (bicyclic) bond motifs is 1. The molecule has 3 heterocycles. The maximum atomic E-state index is 6.01. The molecular weight excluding hydrogens is 398 g/mol. The maximum absolute atomic E-state index is 6.01. The molecule has 0 N–H and O–H groups in total.